The van der Waals surface area contributed by atoms with Gasteiger partial charge in [-0.3, -0.25) is 9.59 Å². The van der Waals surface area contributed by atoms with E-state index in [2.05, 4.69) is 24.5 Å². The van der Waals surface area contributed by atoms with E-state index in [1.807, 2.05) is 0 Å². The van der Waals surface area contributed by atoms with Crippen LogP contribution in [0, 0.1) is 0 Å². The van der Waals surface area contributed by atoms with E-state index in [9.17, 15) is 137 Å². The van der Waals surface area contributed by atoms with E-state index < -0.39 is 310 Å². The Hall–Kier alpha value is -3.07. The molecule has 0 bridgehead atoms. The third-order valence-corrected chi connectivity index (χ3v) is 24.8. The lowest BCUT2D eigenvalue weighted by molar-refractivity contribution is -0.394. The van der Waals surface area contributed by atoms with E-state index in [0.717, 1.165) is 84.0 Å². The molecular formula is C83H150N2O41. The van der Waals surface area contributed by atoms with Crippen LogP contribution in [0.25, 0.3) is 0 Å². The summed E-state index contributed by atoms with van der Waals surface area (Å²) in [6, 6.07) is -3.54. The Morgan fingerprint density at radius 1 is 0.397 bits per heavy atom. The van der Waals surface area contributed by atoms with E-state index in [4.69, 9.17) is 66.3 Å². The molecule has 26 N–H and O–H groups in total. The monoisotopic (exact) mass is 1830 g/mol. The van der Waals surface area contributed by atoms with Gasteiger partial charge < -0.3 is 200 Å². The Kier molecular flexibility index (Phi) is 49.1. The summed E-state index contributed by atoms with van der Waals surface area (Å²) < 4.78 is 81.8. The molecule has 7 heterocycles. The maximum absolute atomic E-state index is 14.2. The maximum Gasteiger partial charge on any atom is 0.364 e. The summed E-state index contributed by atoms with van der Waals surface area (Å²) in [4.78, 5) is 41.3. The molecule has 126 heavy (non-hydrogen) atoms. The number of carboxylic acid groups (broad SMARTS) is 1. The Balaban J connectivity index is 1.07. The zero-order valence-corrected chi connectivity index (χ0v) is 72.6. The van der Waals surface area contributed by atoms with Gasteiger partial charge in [-0.2, -0.15) is 0 Å². The average molecular weight is 1830 g/mol. The molecular weight excluding hydrogens is 1680 g/mol. The summed E-state index contributed by atoms with van der Waals surface area (Å²) in [7, 11) is 0. The van der Waals surface area contributed by atoms with Gasteiger partial charge in [0.25, 0.3) is 5.79 Å². The number of carbonyl (C=O) groups is 3. The van der Waals surface area contributed by atoms with Crippen molar-refractivity contribution in [3.8, 4) is 0 Å². The van der Waals surface area contributed by atoms with E-state index in [1.54, 1.807) is 0 Å². The fraction of sp³-hybridized carbons (Fsp3) is 0.964. The Morgan fingerprint density at radius 3 is 1.21 bits per heavy atom. The third kappa shape index (κ3) is 31.2. The maximum atomic E-state index is 14.2. The zero-order chi connectivity index (χ0) is 92.5. The molecule has 0 unspecified atom stereocenters. The summed E-state index contributed by atoms with van der Waals surface area (Å²) in [5.41, 5.74) is 0. The summed E-state index contributed by atoms with van der Waals surface area (Å²) in [5, 5.41) is 273. The molecule has 43 heteroatoms. The third-order valence-electron chi connectivity index (χ3n) is 24.8. The van der Waals surface area contributed by atoms with Crippen molar-refractivity contribution in [2.75, 3.05) is 52.9 Å². The number of unbranched alkanes of at least 4 members (excludes halogenated alkanes) is 26. The first-order valence-electron chi connectivity index (χ1n) is 45.5. The van der Waals surface area contributed by atoms with Crippen molar-refractivity contribution in [2.24, 2.45) is 0 Å². The molecule has 7 aliphatic heterocycles. The van der Waals surface area contributed by atoms with Crippen molar-refractivity contribution in [3.05, 3.63) is 0 Å². The van der Waals surface area contributed by atoms with Crippen molar-refractivity contribution >= 4 is 17.8 Å². The highest BCUT2D eigenvalue weighted by molar-refractivity contribution is 5.80. The topological polar surface area (TPSA) is 690 Å². The van der Waals surface area contributed by atoms with Crippen molar-refractivity contribution in [3.63, 3.8) is 0 Å². The number of nitrogens with one attached hydrogen (secondary N) is 2. The number of hydrogen-bond donors (Lipinski definition) is 26. The molecule has 0 aliphatic carbocycles. The number of hydrogen-bond acceptors (Lipinski definition) is 40. The van der Waals surface area contributed by atoms with Crippen LogP contribution >= 0.6 is 0 Å². The van der Waals surface area contributed by atoms with Gasteiger partial charge in [-0.1, -0.05) is 194 Å². The number of rotatable bonds is 60. The van der Waals surface area contributed by atoms with Gasteiger partial charge in [-0.25, -0.2) is 4.79 Å². The smallest absolute Gasteiger partial charge is 0.364 e. The number of amides is 2. The van der Waals surface area contributed by atoms with E-state index >= 15 is 0 Å². The van der Waals surface area contributed by atoms with Gasteiger partial charge in [-0.15, -0.1) is 0 Å². The minimum Gasteiger partial charge on any atom is -0.477 e. The number of ether oxygens (including phenoxy) is 14. The standard InChI is InChI=1S/C83H150N2O41/c1-4-6-8-10-12-14-16-17-18-19-20-21-22-23-25-27-29-31-33-46(94)75(110)85-44(56(96)45(93)32-30-28-26-24-15-13-11-9-7-5-2)41-113-76-66(106)63(103)70(53(40-91)120-76)122-81-69(109)74(61(101)52(39-90)119-81)126-83(82(111)112)34-48(55(84-43(3)92)71(125-83)57(97)47(95)35-86)115-80-68(108)73(124-79-65(105)59(99)50(37-88)118-79)62(102)54(121-80)42-114-77-67(107)72(60(100)51(38-89)116-77)123-78-64(104)58(98)49(36-87)117-78/h44-74,76-81,86-91,93-109H,4-42H2,1-3H3,(H,84,92)(H,85,110)(H,111,112)/t44-,45+,46+,47+,48-,49-,50-,51+,52+,53+,54+,55+,56-,57+,58-,59-,60-,61-,62-,63+,64+,65+,66+,67+,68+,69+,70+,71+,72-,73-,74-,76+,77-,78-,79-,80-,81-,83-/m0/s1. The summed E-state index contributed by atoms with van der Waals surface area (Å²) in [6.45, 7) is -2.99. The first-order chi connectivity index (χ1) is 60.3. The van der Waals surface area contributed by atoms with E-state index in [0.29, 0.717) is 12.8 Å². The molecule has 7 fully saturated rings. The molecule has 0 aromatic heterocycles. The van der Waals surface area contributed by atoms with Crippen LogP contribution in [0.4, 0.5) is 0 Å². The van der Waals surface area contributed by atoms with Gasteiger partial charge in [0, 0.05) is 13.3 Å². The molecule has 0 aromatic carbocycles. The van der Waals surface area contributed by atoms with Crippen LogP contribution in [0.15, 0.2) is 0 Å². The minimum atomic E-state index is -3.56. The van der Waals surface area contributed by atoms with Crippen molar-refractivity contribution in [2.45, 2.75) is 452 Å². The van der Waals surface area contributed by atoms with Gasteiger partial charge in [0.1, 0.15) is 165 Å². The van der Waals surface area contributed by atoms with Crippen molar-refractivity contribution in [1.82, 2.24) is 10.6 Å². The quantitative estimate of drug-likeness (QED) is 0.0253. The first kappa shape index (κ1) is 110. The number of carbonyl (C=O) groups excluding carboxylic acids is 2. The molecule has 43 nitrogen and oxygen atoms in total. The summed E-state index contributed by atoms with van der Waals surface area (Å²) in [6.07, 6.45) is -42.8. The fourth-order valence-corrected chi connectivity index (χ4v) is 17.0. The number of aliphatic carboxylic acids is 1. The van der Waals surface area contributed by atoms with Crippen LogP contribution in [0.1, 0.15) is 220 Å². The first-order valence-corrected chi connectivity index (χ1v) is 45.5. The SMILES string of the molecule is CCCCCCCCCCCCCCCCCCCC[C@@H](O)C(=O)N[C@@H](CO[C@@H]1O[C@H](CO)[C@@H](O[C@@H]2O[C@H](CO)[C@H](O)[C@H](O[C@]3(C(=O)O)C[C@H](O[C@H]4O[C@H](CO[C@H]5O[C@H](CO)[C@H](O)[C@H](O[C@@H]6O[C@@H](CO)[C@H](O)[C@H]6O)[C@H]5O)[C@H](O)[C@H](O[C@@H]5O[C@@H](CO)[C@H](O)[C@H]5O)[C@H]4O)[C@@H](NC(C)=O)[C@H]([C@H](O)[C@H](O)CO)O3)[C@H]2O)[C@H](O)[C@H]1O)[C@H](O)[C@H](O)CCCCCCCCCCCC. The van der Waals surface area contributed by atoms with Crippen molar-refractivity contribution < 1.29 is 203 Å². The second-order valence-corrected chi connectivity index (χ2v) is 34.6. The van der Waals surface area contributed by atoms with Crippen LogP contribution in [-0.2, 0) is 80.7 Å². The highest BCUT2D eigenvalue weighted by Gasteiger charge is 2.63. The molecule has 0 saturated carbocycles. The van der Waals surface area contributed by atoms with Gasteiger partial charge in [-0.05, 0) is 12.8 Å². The predicted octanol–water partition coefficient (Wildman–Crippen LogP) is -5.31. The van der Waals surface area contributed by atoms with Gasteiger partial charge in [0.15, 0.2) is 37.7 Å². The van der Waals surface area contributed by atoms with Gasteiger partial charge in [0.05, 0.1) is 77.1 Å². The molecule has 7 rings (SSSR count). The van der Waals surface area contributed by atoms with Gasteiger partial charge >= 0.3 is 5.97 Å². The lowest BCUT2D eigenvalue weighted by Gasteiger charge is -2.52. The van der Waals surface area contributed by atoms with Crippen LogP contribution in [0.2, 0.25) is 0 Å². The lowest BCUT2D eigenvalue weighted by atomic mass is 9.87. The largest absolute Gasteiger partial charge is 0.477 e. The normalized spacial score (nSPS) is 37.7. The molecule has 738 valence electrons. The highest BCUT2D eigenvalue weighted by Crippen LogP contribution is 2.43. The Bertz CT molecular complexity index is 2990. The Morgan fingerprint density at radius 2 is 0.762 bits per heavy atom. The fourth-order valence-electron chi connectivity index (χ4n) is 17.0. The molecule has 0 spiro atoms. The second-order valence-electron chi connectivity index (χ2n) is 34.6. The average Bonchev–Trinajstić information content (AvgIpc) is 0.924. The number of carboxylic acids is 1. The molecule has 0 aromatic rings. The molecule has 0 radical (unpaired) electrons. The number of aliphatic hydroxyl groups is 23. The summed E-state index contributed by atoms with van der Waals surface area (Å²) >= 11 is 0. The number of aliphatic hydroxyl groups excluding tert-OH is 23. The highest BCUT2D eigenvalue weighted by atomic mass is 16.8. The van der Waals surface area contributed by atoms with Crippen molar-refractivity contribution in [1.29, 1.82) is 0 Å². The molecule has 38 atom stereocenters. The van der Waals surface area contributed by atoms with Crippen LogP contribution in [0.3, 0.4) is 0 Å². The molecule has 7 saturated heterocycles. The summed E-state index contributed by atoms with van der Waals surface area (Å²) in [5.74, 6) is -7.75. The minimum absolute atomic E-state index is 0.0621. The van der Waals surface area contributed by atoms with Crippen LogP contribution in [-0.4, -0.2) is 426 Å². The van der Waals surface area contributed by atoms with Gasteiger partial charge in [0.2, 0.25) is 11.8 Å². The van der Waals surface area contributed by atoms with Crippen LogP contribution in [0.5, 0.6) is 0 Å². The van der Waals surface area contributed by atoms with Crippen LogP contribution < -0.4 is 10.6 Å². The molecule has 7 aliphatic rings. The lowest BCUT2D eigenvalue weighted by Crippen LogP contribution is -2.72. The van der Waals surface area contributed by atoms with E-state index in [1.165, 1.54) is 89.9 Å². The Labute approximate surface area is 734 Å². The second kappa shape index (κ2) is 56.3. The predicted molar refractivity (Wildman–Crippen MR) is 432 cm³/mol. The van der Waals surface area contributed by atoms with E-state index in [-0.39, 0.29) is 12.8 Å². The molecule has 2 amide bonds. The zero-order valence-electron chi connectivity index (χ0n) is 72.6.